The molecule has 0 aromatic carbocycles. The molecule has 1 atom stereocenters. The van der Waals surface area contributed by atoms with Crippen LogP contribution in [0, 0.1) is 0 Å². The summed E-state index contributed by atoms with van der Waals surface area (Å²) in [7, 11) is 0. The lowest BCUT2D eigenvalue weighted by Gasteiger charge is -2.33. The first-order chi connectivity index (χ1) is 4.51. The molecule has 0 aromatic rings. The highest BCUT2D eigenvalue weighted by atomic mass is 32.2. The third-order valence-electron chi connectivity index (χ3n) is 1.52. The van der Waals surface area contributed by atoms with E-state index in [-0.39, 0.29) is 16.7 Å². The van der Waals surface area contributed by atoms with Crippen LogP contribution in [0.3, 0.4) is 0 Å². The van der Waals surface area contributed by atoms with E-state index in [9.17, 15) is 4.79 Å². The van der Waals surface area contributed by atoms with E-state index in [0.717, 1.165) is 5.75 Å². The molecule has 0 spiro atoms. The van der Waals surface area contributed by atoms with Gasteiger partial charge in [-0.2, -0.15) is 0 Å². The molecule has 1 rings (SSSR count). The second-order valence-corrected chi connectivity index (χ2v) is 4.66. The first kappa shape index (κ1) is 7.92. The smallest absolute Gasteiger partial charge is 0.233 e. The lowest BCUT2D eigenvalue weighted by atomic mass is 10.1. The maximum atomic E-state index is 11.1. The van der Waals surface area contributed by atoms with Crippen molar-refractivity contribution in [1.29, 1.82) is 0 Å². The average molecular weight is 159 g/mol. The van der Waals surface area contributed by atoms with Crippen LogP contribution in [-0.4, -0.2) is 22.4 Å². The lowest BCUT2D eigenvalue weighted by Crippen LogP contribution is -2.52. The van der Waals surface area contributed by atoms with Gasteiger partial charge in [0, 0.05) is 11.3 Å². The highest BCUT2D eigenvalue weighted by Crippen LogP contribution is 2.22. The summed E-state index contributed by atoms with van der Waals surface area (Å²) in [6.07, 6.45) is 0. The molecule has 1 saturated heterocycles. The highest BCUT2D eigenvalue weighted by Gasteiger charge is 2.29. The van der Waals surface area contributed by atoms with Crippen LogP contribution in [0.15, 0.2) is 0 Å². The van der Waals surface area contributed by atoms with Crippen molar-refractivity contribution in [3.8, 4) is 0 Å². The number of rotatable bonds is 0. The molecule has 0 aromatic heterocycles. The van der Waals surface area contributed by atoms with Crippen molar-refractivity contribution in [1.82, 2.24) is 5.32 Å². The maximum Gasteiger partial charge on any atom is 0.233 e. The minimum atomic E-state index is -0.00569. The molecule has 0 bridgehead atoms. The van der Waals surface area contributed by atoms with Crippen LogP contribution >= 0.6 is 11.8 Å². The minimum absolute atomic E-state index is 0.00569. The molecule has 1 aliphatic heterocycles. The van der Waals surface area contributed by atoms with E-state index < -0.39 is 0 Å². The topological polar surface area (TPSA) is 29.1 Å². The first-order valence-corrected chi connectivity index (χ1v) is 4.50. The van der Waals surface area contributed by atoms with E-state index in [1.807, 2.05) is 20.8 Å². The summed E-state index contributed by atoms with van der Waals surface area (Å²) in [4.78, 5) is 11.1. The Morgan fingerprint density at radius 1 is 1.70 bits per heavy atom. The van der Waals surface area contributed by atoms with Crippen LogP contribution in [0.1, 0.15) is 20.8 Å². The normalized spacial score (nSPS) is 31.5. The van der Waals surface area contributed by atoms with Gasteiger partial charge in [-0.3, -0.25) is 4.79 Å². The van der Waals surface area contributed by atoms with Gasteiger partial charge in [-0.25, -0.2) is 0 Å². The third kappa shape index (κ3) is 1.66. The Hall–Kier alpha value is -0.180. The van der Waals surface area contributed by atoms with Gasteiger partial charge in [0.05, 0.1) is 5.25 Å². The van der Waals surface area contributed by atoms with Crippen molar-refractivity contribution < 1.29 is 4.79 Å². The number of amides is 1. The van der Waals surface area contributed by atoms with Crippen molar-refractivity contribution in [2.24, 2.45) is 0 Å². The van der Waals surface area contributed by atoms with Gasteiger partial charge in [-0.15, -0.1) is 11.8 Å². The van der Waals surface area contributed by atoms with Crippen LogP contribution in [0.2, 0.25) is 0 Å². The predicted octanol–water partition coefficient (Wildman–Crippen LogP) is 1.02. The maximum absolute atomic E-state index is 11.1. The first-order valence-electron chi connectivity index (χ1n) is 3.45. The van der Waals surface area contributed by atoms with Gasteiger partial charge in [0.1, 0.15) is 0 Å². The molecule has 1 heterocycles. The highest BCUT2D eigenvalue weighted by molar-refractivity contribution is 8.00. The Morgan fingerprint density at radius 3 is 2.70 bits per heavy atom. The number of carbonyl (C=O) groups excluding carboxylic acids is 1. The molecule has 0 radical (unpaired) electrons. The van der Waals surface area contributed by atoms with Crippen molar-refractivity contribution in [3.05, 3.63) is 0 Å². The number of nitrogens with one attached hydrogen (secondary N) is 1. The largest absolute Gasteiger partial charge is 0.349 e. The number of thioether (sulfide) groups is 1. The summed E-state index contributed by atoms with van der Waals surface area (Å²) in [5.74, 6) is 1.18. The van der Waals surface area contributed by atoms with Gasteiger partial charge in [0.15, 0.2) is 0 Å². The number of hydrogen-bond donors (Lipinski definition) is 1. The zero-order valence-electron chi connectivity index (χ0n) is 6.60. The standard InChI is InChI=1S/C7H13NOS/c1-5-6(9)8-7(2,3)4-10-5/h5H,4H2,1-3H3,(H,8,9). The molecule has 1 unspecified atom stereocenters. The monoisotopic (exact) mass is 159 g/mol. The van der Waals surface area contributed by atoms with Crippen molar-refractivity contribution in [2.75, 3.05) is 5.75 Å². The van der Waals surface area contributed by atoms with E-state index >= 15 is 0 Å². The van der Waals surface area contributed by atoms with E-state index in [2.05, 4.69) is 5.32 Å². The van der Waals surface area contributed by atoms with Gasteiger partial charge in [0.2, 0.25) is 5.91 Å². The van der Waals surface area contributed by atoms with Crippen molar-refractivity contribution in [3.63, 3.8) is 0 Å². The zero-order valence-corrected chi connectivity index (χ0v) is 7.42. The van der Waals surface area contributed by atoms with Crippen LogP contribution in [0.5, 0.6) is 0 Å². The van der Waals surface area contributed by atoms with Crippen LogP contribution in [-0.2, 0) is 4.79 Å². The summed E-state index contributed by atoms with van der Waals surface area (Å²) < 4.78 is 0. The van der Waals surface area contributed by atoms with Crippen LogP contribution in [0.4, 0.5) is 0 Å². The van der Waals surface area contributed by atoms with Gasteiger partial charge >= 0.3 is 0 Å². The van der Waals surface area contributed by atoms with Crippen LogP contribution < -0.4 is 5.32 Å². The fraction of sp³-hybridized carbons (Fsp3) is 0.857. The molecule has 3 heteroatoms. The van der Waals surface area contributed by atoms with E-state index in [1.54, 1.807) is 11.8 Å². The Balaban J connectivity index is 2.57. The SMILES string of the molecule is CC1SCC(C)(C)NC1=O. The summed E-state index contributed by atoms with van der Waals surface area (Å²) in [5.41, 5.74) is -0.00569. The lowest BCUT2D eigenvalue weighted by molar-refractivity contribution is -0.122. The third-order valence-corrected chi connectivity index (χ3v) is 3.13. The molecule has 0 saturated carbocycles. The Bertz CT molecular complexity index is 156. The average Bonchev–Trinajstić information content (AvgIpc) is 1.79. The van der Waals surface area contributed by atoms with Gasteiger partial charge < -0.3 is 5.32 Å². The Morgan fingerprint density at radius 2 is 2.30 bits per heavy atom. The minimum Gasteiger partial charge on any atom is -0.349 e. The number of hydrogen-bond acceptors (Lipinski definition) is 2. The molecule has 1 fully saturated rings. The number of carbonyl (C=O) groups is 1. The fourth-order valence-electron chi connectivity index (χ4n) is 0.880. The second-order valence-electron chi connectivity index (χ2n) is 3.33. The van der Waals surface area contributed by atoms with Gasteiger partial charge in [0.25, 0.3) is 0 Å². The molecule has 1 aliphatic rings. The molecule has 0 aliphatic carbocycles. The van der Waals surface area contributed by atoms with E-state index in [0.29, 0.717) is 0 Å². The van der Waals surface area contributed by atoms with Crippen molar-refractivity contribution >= 4 is 17.7 Å². The van der Waals surface area contributed by atoms with Crippen LogP contribution in [0.25, 0.3) is 0 Å². The fourth-order valence-corrected chi connectivity index (χ4v) is 1.83. The second kappa shape index (κ2) is 2.46. The molecule has 1 amide bonds. The molecule has 1 N–H and O–H groups in total. The zero-order chi connectivity index (χ0) is 7.78. The summed E-state index contributed by atoms with van der Waals surface area (Å²) in [6, 6.07) is 0. The predicted molar refractivity (Wildman–Crippen MR) is 44.1 cm³/mol. The van der Waals surface area contributed by atoms with E-state index in [4.69, 9.17) is 0 Å². The van der Waals surface area contributed by atoms with Gasteiger partial charge in [-0.1, -0.05) is 0 Å². The summed E-state index contributed by atoms with van der Waals surface area (Å²) in [6.45, 7) is 6.03. The van der Waals surface area contributed by atoms with E-state index in [1.165, 1.54) is 0 Å². The Kier molecular flexibility index (Phi) is 1.95. The van der Waals surface area contributed by atoms with Crippen molar-refractivity contribution in [2.45, 2.75) is 31.6 Å². The van der Waals surface area contributed by atoms with Gasteiger partial charge in [-0.05, 0) is 20.8 Å². The Labute approximate surface area is 65.8 Å². The summed E-state index contributed by atoms with van der Waals surface area (Å²) in [5, 5.41) is 3.08. The molecule has 58 valence electrons. The summed E-state index contributed by atoms with van der Waals surface area (Å²) >= 11 is 1.72. The molecular formula is C7H13NOS. The molecular weight excluding hydrogens is 146 g/mol. The molecule has 2 nitrogen and oxygen atoms in total. The quantitative estimate of drug-likeness (QED) is 0.571. The molecule has 10 heavy (non-hydrogen) atoms.